The Morgan fingerprint density at radius 2 is 1.61 bits per heavy atom. The zero-order valence-electron chi connectivity index (χ0n) is 17.0. The van der Waals surface area contributed by atoms with Crippen LogP contribution in [-0.4, -0.2) is 25.1 Å². The van der Waals surface area contributed by atoms with E-state index in [2.05, 4.69) is 33.0 Å². The number of ether oxygens (including phenoxy) is 2. The van der Waals surface area contributed by atoms with E-state index in [4.69, 9.17) is 9.47 Å². The van der Waals surface area contributed by atoms with Gasteiger partial charge in [-0.15, -0.1) is 0 Å². The van der Waals surface area contributed by atoms with Gasteiger partial charge in [-0.2, -0.15) is 0 Å². The van der Waals surface area contributed by atoms with Crippen LogP contribution in [0.25, 0.3) is 0 Å². The van der Waals surface area contributed by atoms with E-state index in [1.54, 1.807) is 24.3 Å². The minimum absolute atomic E-state index is 0.336. The van der Waals surface area contributed by atoms with Crippen molar-refractivity contribution in [2.75, 3.05) is 18.5 Å². The average molecular weight is 383 g/mol. The molecule has 0 aliphatic rings. The Morgan fingerprint density at radius 3 is 2.18 bits per heavy atom. The second-order valence-electron chi connectivity index (χ2n) is 7.28. The van der Waals surface area contributed by atoms with Crippen molar-refractivity contribution in [3.05, 3.63) is 59.7 Å². The van der Waals surface area contributed by atoms with Crippen molar-refractivity contribution in [2.24, 2.45) is 5.92 Å². The molecule has 1 N–H and O–H groups in total. The van der Waals surface area contributed by atoms with E-state index in [-0.39, 0.29) is 12.5 Å². The molecule has 0 spiro atoms. The highest BCUT2D eigenvalue weighted by Gasteiger charge is 2.11. The number of nitrogens with one attached hydrogen (secondary N) is 1. The Bertz CT molecular complexity index is 766. The van der Waals surface area contributed by atoms with E-state index in [0.717, 1.165) is 6.42 Å². The van der Waals surface area contributed by atoms with Crippen LogP contribution in [-0.2, 0) is 9.53 Å². The standard InChI is InChI=1S/C23H29NO4/c1-5-17(4)18-6-10-20(11-7-18)24-22(25)15-28-23(26)19-8-12-21(13-9-19)27-14-16(2)3/h6-13,16-17H,5,14-15H2,1-4H3,(H,24,25)/t17-/m0/s1. The lowest BCUT2D eigenvalue weighted by molar-refractivity contribution is -0.119. The van der Waals surface area contributed by atoms with E-state index >= 15 is 0 Å². The molecule has 0 saturated carbocycles. The molecule has 0 unspecified atom stereocenters. The summed E-state index contributed by atoms with van der Waals surface area (Å²) in [5.41, 5.74) is 2.29. The third-order valence-corrected chi connectivity index (χ3v) is 4.38. The van der Waals surface area contributed by atoms with Crippen LogP contribution < -0.4 is 10.1 Å². The summed E-state index contributed by atoms with van der Waals surface area (Å²) in [6.45, 7) is 8.71. The van der Waals surface area contributed by atoms with E-state index in [1.165, 1.54) is 5.56 Å². The van der Waals surface area contributed by atoms with E-state index in [0.29, 0.717) is 35.4 Å². The Kier molecular flexibility index (Phi) is 8.05. The van der Waals surface area contributed by atoms with Gasteiger partial charge in [0.25, 0.3) is 5.91 Å². The van der Waals surface area contributed by atoms with Crippen molar-refractivity contribution in [3.63, 3.8) is 0 Å². The molecular formula is C23H29NO4. The van der Waals surface area contributed by atoms with Crippen LogP contribution >= 0.6 is 0 Å². The Morgan fingerprint density at radius 1 is 0.964 bits per heavy atom. The Hall–Kier alpha value is -2.82. The van der Waals surface area contributed by atoms with Gasteiger partial charge in [0.05, 0.1) is 12.2 Å². The lowest BCUT2D eigenvalue weighted by Gasteiger charge is -2.11. The predicted molar refractivity (Wildman–Crippen MR) is 111 cm³/mol. The number of hydrogen-bond acceptors (Lipinski definition) is 4. The summed E-state index contributed by atoms with van der Waals surface area (Å²) in [6.07, 6.45) is 1.06. The molecule has 5 heteroatoms. The zero-order valence-corrected chi connectivity index (χ0v) is 17.0. The molecule has 5 nitrogen and oxygen atoms in total. The molecule has 2 rings (SSSR count). The van der Waals surface area contributed by atoms with Crippen LogP contribution in [0.2, 0.25) is 0 Å². The molecule has 1 amide bonds. The number of hydrogen-bond donors (Lipinski definition) is 1. The summed E-state index contributed by atoms with van der Waals surface area (Å²) in [4.78, 5) is 24.1. The van der Waals surface area contributed by atoms with Crippen LogP contribution in [0.3, 0.4) is 0 Å². The summed E-state index contributed by atoms with van der Waals surface area (Å²) >= 11 is 0. The third kappa shape index (κ3) is 6.72. The number of anilines is 1. The lowest BCUT2D eigenvalue weighted by atomic mass is 9.99. The van der Waals surface area contributed by atoms with Gasteiger partial charge in [0, 0.05) is 5.69 Å². The van der Waals surface area contributed by atoms with Crippen molar-refractivity contribution < 1.29 is 19.1 Å². The van der Waals surface area contributed by atoms with Crippen molar-refractivity contribution in [2.45, 2.75) is 40.0 Å². The minimum atomic E-state index is -0.544. The number of carbonyl (C=O) groups excluding carboxylic acids is 2. The molecule has 2 aromatic carbocycles. The van der Waals surface area contributed by atoms with Gasteiger partial charge in [-0.3, -0.25) is 4.79 Å². The fourth-order valence-electron chi connectivity index (χ4n) is 2.49. The lowest BCUT2D eigenvalue weighted by Crippen LogP contribution is -2.20. The summed E-state index contributed by atoms with van der Waals surface area (Å²) in [7, 11) is 0. The molecule has 0 aliphatic carbocycles. The first-order valence-corrected chi connectivity index (χ1v) is 9.68. The quantitative estimate of drug-likeness (QED) is 0.617. The fourth-order valence-corrected chi connectivity index (χ4v) is 2.49. The maximum atomic E-state index is 12.1. The van der Waals surface area contributed by atoms with Crippen LogP contribution in [0.4, 0.5) is 5.69 Å². The molecule has 28 heavy (non-hydrogen) atoms. The zero-order chi connectivity index (χ0) is 20.5. The largest absolute Gasteiger partial charge is 0.493 e. The van der Waals surface area contributed by atoms with Crippen LogP contribution in [0.5, 0.6) is 5.75 Å². The van der Waals surface area contributed by atoms with Crippen LogP contribution in [0, 0.1) is 5.92 Å². The second kappa shape index (κ2) is 10.5. The van der Waals surface area contributed by atoms with E-state index in [9.17, 15) is 9.59 Å². The Labute approximate surface area is 167 Å². The molecule has 0 bridgehead atoms. The van der Waals surface area contributed by atoms with Gasteiger partial charge < -0.3 is 14.8 Å². The van der Waals surface area contributed by atoms with Gasteiger partial charge >= 0.3 is 5.97 Å². The molecule has 0 radical (unpaired) electrons. The fraction of sp³-hybridized carbons (Fsp3) is 0.391. The summed E-state index contributed by atoms with van der Waals surface area (Å²) in [5, 5.41) is 2.73. The summed E-state index contributed by atoms with van der Waals surface area (Å²) < 4.78 is 10.7. The molecule has 150 valence electrons. The van der Waals surface area contributed by atoms with E-state index < -0.39 is 5.97 Å². The number of rotatable bonds is 9. The first-order chi connectivity index (χ1) is 13.4. The summed E-state index contributed by atoms with van der Waals surface area (Å²) in [5.74, 6) is 0.685. The minimum Gasteiger partial charge on any atom is -0.493 e. The number of esters is 1. The molecular weight excluding hydrogens is 354 g/mol. The van der Waals surface area contributed by atoms with Gasteiger partial charge in [-0.05, 0) is 60.2 Å². The van der Waals surface area contributed by atoms with Gasteiger partial charge in [0.1, 0.15) is 5.75 Å². The highest BCUT2D eigenvalue weighted by Crippen LogP contribution is 2.20. The van der Waals surface area contributed by atoms with Crippen LogP contribution in [0.15, 0.2) is 48.5 Å². The van der Waals surface area contributed by atoms with Gasteiger partial charge in [-0.1, -0.05) is 39.8 Å². The maximum absolute atomic E-state index is 12.1. The van der Waals surface area contributed by atoms with Crippen LogP contribution in [0.1, 0.15) is 56.0 Å². The molecule has 0 heterocycles. The smallest absolute Gasteiger partial charge is 0.338 e. The summed E-state index contributed by atoms with van der Waals surface area (Å²) in [6, 6.07) is 14.4. The van der Waals surface area contributed by atoms with Gasteiger partial charge in [0.2, 0.25) is 0 Å². The molecule has 2 aromatic rings. The first kappa shape index (κ1) is 21.5. The Balaban J connectivity index is 1.81. The molecule has 0 aliphatic heterocycles. The van der Waals surface area contributed by atoms with Crippen molar-refractivity contribution in [1.29, 1.82) is 0 Å². The molecule has 1 atom stereocenters. The van der Waals surface area contributed by atoms with Gasteiger partial charge in [-0.25, -0.2) is 4.79 Å². The third-order valence-electron chi connectivity index (χ3n) is 4.38. The molecule has 0 aromatic heterocycles. The predicted octanol–water partition coefficient (Wildman–Crippen LogP) is 5.03. The highest BCUT2D eigenvalue weighted by molar-refractivity contribution is 5.95. The number of amides is 1. The van der Waals surface area contributed by atoms with Gasteiger partial charge in [0.15, 0.2) is 6.61 Å². The normalized spacial score (nSPS) is 11.8. The first-order valence-electron chi connectivity index (χ1n) is 9.68. The highest BCUT2D eigenvalue weighted by atomic mass is 16.5. The number of carbonyl (C=O) groups is 2. The monoisotopic (exact) mass is 383 g/mol. The topological polar surface area (TPSA) is 64.6 Å². The van der Waals surface area contributed by atoms with Crippen molar-refractivity contribution in [3.8, 4) is 5.75 Å². The second-order valence-corrected chi connectivity index (χ2v) is 7.28. The number of benzene rings is 2. The van der Waals surface area contributed by atoms with Crippen molar-refractivity contribution in [1.82, 2.24) is 0 Å². The average Bonchev–Trinajstić information content (AvgIpc) is 2.70. The SMILES string of the molecule is CC[C@H](C)c1ccc(NC(=O)COC(=O)c2ccc(OCC(C)C)cc2)cc1. The van der Waals surface area contributed by atoms with E-state index in [1.807, 2.05) is 24.3 Å². The maximum Gasteiger partial charge on any atom is 0.338 e. The molecule has 0 saturated heterocycles. The van der Waals surface area contributed by atoms with Crippen molar-refractivity contribution >= 4 is 17.6 Å². The molecule has 0 fully saturated rings.